The molecule has 1 aromatic rings. The van der Waals surface area contributed by atoms with Crippen molar-refractivity contribution in [2.45, 2.75) is 13.0 Å². The SMILES string of the molecule is C#CC(NCC)c1cc(F)cc(F)c1. The second-order valence-electron chi connectivity index (χ2n) is 2.86. The molecule has 0 saturated heterocycles. The molecule has 1 atom stereocenters. The third kappa shape index (κ3) is 2.54. The summed E-state index contributed by atoms with van der Waals surface area (Å²) >= 11 is 0. The van der Waals surface area contributed by atoms with E-state index in [1.54, 1.807) is 0 Å². The fourth-order valence-corrected chi connectivity index (χ4v) is 1.22. The molecule has 14 heavy (non-hydrogen) atoms. The third-order valence-corrected chi connectivity index (χ3v) is 1.79. The average Bonchev–Trinajstić information content (AvgIpc) is 2.12. The molecule has 0 aromatic heterocycles. The van der Waals surface area contributed by atoms with Crippen LogP contribution in [0.15, 0.2) is 18.2 Å². The Kier molecular flexibility index (Phi) is 3.61. The lowest BCUT2D eigenvalue weighted by Gasteiger charge is -2.11. The molecule has 3 heteroatoms. The number of rotatable bonds is 3. The Hall–Kier alpha value is -1.40. The molecule has 1 rings (SSSR count). The van der Waals surface area contributed by atoms with Crippen molar-refractivity contribution in [3.63, 3.8) is 0 Å². The standard InChI is InChI=1S/C11H11F2N/c1-3-11(14-4-2)8-5-9(12)7-10(13)6-8/h1,5-7,11,14H,4H2,2H3. The maximum Gasteiger partial charge on any atom is 0.126 e. The zero-order valence-corrected chi connectivity index (χ0v) is 7.85. The molecule has 1 nitrogen and oxygen atoms in total. The van der Waals surface area contributed by atoms with Crippen molar-refractivity contribution in [2.24, 2.45) is 0 Å². The summed E-state index contributed by atoms with van der Waals surface area (Å²) in [5.41, 5.74) is 0.437. The normalized spacial score (nSPS) is 12.1. The van der Waals surface area contributed by atoms with Gasteiger partial charge in [0.2, 0.25) is 0 Å². The van der Waals surface area contributed by atoms with Gasteiger partial charge >= 0.3 is 0 Å². The first-order chi connectivity index (χ1) is 6.67. The van der Waals surface area contributed by atoms with Gasteiger partial charge in [0, 0.05) is 6.07 Å². The van der Waals surface area contributed by atoms with Crippen LogP contribution in [0.2, 0.25) is 0 Å². The Morgan fingerprint density at radius 2 is 1.93 bits per heavy atom. The molecule has 74 valence electrons. The van der Waals surface area contributed by atoms with E-state index in [-0.39, 0.29) is 0 Å². The lowest BCUT2D eigenvalue weighted by molar-refractivity contribution is 0.571. The molecule has 0 fully saturated rings. The van der Waals surface area contributed by atoms with Crippen molar-refractivity contribution in [1.82, 2.24) is 5.32 Å². The van der Waals surface area contributed by atoms with Gasteiger partial charge in [-0.05, 0) is 24.2 Å². The number of hydrogen-bond acceptors (Lipinski definition) is 1. The molecule has 1 N–H and O–H groups in total. The summed E-state index contributed by atoms with van der Waals surface area (Å²) in [5.74, 6) is 1.20. The summed E-state index contributed by atoms with van der Waals surface area (Å²) in [6.07, 6.45) is 5.23. The van der Waals surface area contributed by atoms with Crippen LogP contribution in [0.25, 0.3) is 0 Å². The number of benzene rings is 1. The van der Waals surface area contributed by atoms with Gasteiger partial charge in [0.1, 0.15) is 11.6 Å². The van der Waals surface area contributed by atoms with Crippen LogP contribution < -0.4 is 5.32 Å². The van der Waals surface area contributed by atoms with Crippen LogP contribution in [0.1, 0.15) is 18.5 Å². The monoisotopic (exact) mass is 195 g/mol. The summed E-state index contributed by atoms with van der Waals surface area (Å²) in [6, 6.07) is 2.85. The Bertz CT molecular complexity index is 335. The molecule has 0 aliphatic heterocycles. The summed E-state index contributed by atoms with van der Waals surface area (Å²) in [6.45, 7) is 2.52. The molecule has 0 saturated carbocycles. The van der Waals surface area contributed by atoms with Crippen molar-refractivity contribution >= 4 is 0 Å². The van der Waals surface area contributed by atoms with Crippen LogP contribution in [0.4, 0.5) is 8.78 Å². The van der Waals surface area contributed by atoms with E-state index in [1.807, 2.05) is 6.92 Å². The van der Waals surface area contributed by atoms with Crippen LogP contribution in [0.5, 0.6) is 0 Å². The lowest BCUT2D eigenvalue weighted by atomic mass is 10.1. The van der Waals surface area contributed by atoms with Crippen molar-refractivity contribution in [2.75, 3.05) is 6.54 Å². The predicted molar refractivity (Wildman–Crippen MR) is 51.6 cm³/mol. The lowest BCUT2D eigenvalue weighted by Crippen LogP contribution is -2.19. The van der Waals surface area contributed by atoms with Crippen LogP contribution in [0.3, 0.4) is 0 Å². The highest BCUT2D eigenvalue weighted by Crippen LogP contribution is 2.15. The van der Waals surface area contributed by atoms with Gasteiger partial charge in [-0.25, -0.2) is 8.78 Å². The van der Waals surface area contributed by atoms with Gasteiger partial charge in [0.05, 0.1) is 6.04 Å². The molecule has 0 aliphatic carbocycles. The summed E-state index contributed by atoms with van der Waals surface area (Å²) in [4.78, 5) is 0. The van der Waals surface area contributed by atoms with Gasteiger partial charge < -0.3 is 5.32 Å². The zero-order valence-electron chi connectivity index (χ0n) is 7.85. The molecular formula is C11H11F2N. The Morgan fingerprint density at radius 1 is 1.36 bits per heavy atom. The summed E-state index contributed by atoms with van der Waals surface area (Å²) < 4.78 is 25.7. The first kappa shape index (κ1) is 10.7. The molecule has 1 aromatic carbocycles. The Morgan fingerprint density at radius 3 is 2.36 bits per heavy atom. The van der Waals surface area contributed by atoms with E-state index in [1.165, 1.54) is 12.1 Å². The predicted octanol–water partition coefficient (Wildman–Crippen LogP) is 2.25. The van der Waals surface area contributed by atoms with Crippen LogP contribution in [0, 0.1) is 24.0 Å². The van der Waals surface area contributed by atoms with E-state index >= 15 is 0 Å². The molecular weight excluding hydrogens is 184 g/mol. The van der Waals surface area contributed by atoms with E-state index in [0.29, 0.717) is 12.1 Å². The van der Waals surface area contributed by atoms with E-state index in [0.717, 1.165) is 6.07 Å². The van der Waals surface area contributed by atoms with E-state index in [2.05, 4.69) is 11.2 Å². The molecule has 0 aliphatic rings. The first-order valence-electron chi connectivity index (χ1n) is 4.33. The Balaban J connectivity index is 2.99. The fraction of sp³-hybridized carbons (Fsp3) is 0.273. The van der Waals surface area contributed by atoms with Gasteiger partial charge in [-0.1, -0.05) is 12.8 Å². The fourth-order valence-electron chi connectivity index (χ4n) is 1.22. The Labute approximate surface area is 82.1 Å². The highest BCUT2D eigenvalue weighted by atomic mass is 19.1. The van der Waals surface area contributed by atoms with Gasteiger partial charge in [0.25, 0.3) is 0 Å². The zero-order chi connectivity index (χ0) is 10.6. The molecule has 0 heterocycles. The second kappa shape index (κ2) is 4.73. The topological polar surface area (TPSA) is 12.0 Å². The van der Waals surface area contributed by atoms with Crippen molar-refractivity contribution < 1.29 is 8.78 Å². The van der Waals surface area contributed by atoms with Gasteiger partial charge in [-0.2, -0.15) is 0 Å². The minimum atomic E-state index is -0.613. The van der Waals surface area contributed by atoms with Crippen molar-refractivity contribution in [3.8, 4) is 12.3 Å². The minimum Gasteiger partial charge on any atom is -0.300 e. The number of nitrogens with one attached hydrogen (secondary N) is 1. The van der Waals surface area contributed by atoms with E-state index < -0.39 is 17.7 Å². The van der Waals surface area contributed by atoms with Gasteiger partial charge in [-0.3, -0.25) is 0 Å². The number of hydrogen-bond donors (Lipinski definition) is 1. The number of halogens is 2. The minimum absolute atomic E-state index is 0.437. The summed E-state index contributed by atoms with van der Waals surface area (Å²) in [7, 11) is 0. The molecule has 0 amide bonds. The molecule has 0 bridgehead atoms. The van der Waals surface area contributed by atoms with Crippen molar-refractivity contribution in [1.29, 1.82) is 0 Å². The van der Waals surface area contributed by atoms with Crippen molar-refractivity contribution in [3.05, 3.63) is 35.4 Å². The first-order valence-corrected chi connectivity index (χ1v) is 4.33. The van der Waals surface area contributed by atoms with Gasteiger partial charge in [-0.15, -0.1) is 6.42 Å². The van der Waals surface area contributed by atoms with Gasteiger partial charge in [0.15, 0.2) is 0 Å². The summed E-state index contributed by atoms with van der Waals surface area (Å²) in [5, 5.41) is 2.93. The average molecular weight is 195 g/mol. The maximum absolute atomic E-state index is 12.8. The smallest absolute Gasteiger partial charge is 0.126 e. The molecule has 1 unspecified atom stereocenters. The number of terminal acetylenes is 1. The third-order valence-electron chi connectivity index (χ3n) is 1.79. The highest BCUT2D eigenvalue weighted by Gasteiger charge is 2.09. The quantitative estimate of drug-likeness (QED) is 0.729. The molecule has 0 spiro atoms. The second-order valence-corrected chi connectivity index (χ2v) is 2.86. The maximum atomic E-state index is 12.8. The van der Waals surface area contributed by atoms with E-state index in [4.69, 9.17) is 6.42 Å². The largest absolute Gasteiger partial charge is 0.300 e. The van der Waals surface area contributed by atoms with E-state index in [9.17, 15) is 8.78 Å². The van der Waals surface area contributed by atoms with Crippen LogP contribution in [-0.4, -0.2) is 6.54 Å². The highest BCUT2D eigenvalue weighted by molar-refractivity contribution is 5.27. The van der Waals surface area contributed by atoms with Crippen LogP contribution >= 0.6 is 0 Å². The molecule has 0 radical (unpaired) electrons. The van der Waals surface area contributed by atoms with Crippen LogP contribution in [-0.2, 0) is 0 Å².